The van der Waals surface area contributed by atoms with Gasteiger partial charge in [0.25, 0.3) is 5.91 Å². The van der Waals surface area contributed by atoms with Crippen LogP contribution in [0.4, 0.5) is 0 Å². The third-order valence-electron chi connectivity index (χ3n) is 3.17. The zero-order chi connectivity index (χ0) is 19.3. The number of ether oxygens (including phenoxy) is 3. The molecule has 1 aromatic carbocycles. The molecule has 11 nitrogen and oxygen atoms in total. The second-order valence-electron chi connectivity index (χ2n) is 4.78. The van der Waals surface area contributed by atoms with Crippen molar-refractivity contribution in [2.45, 2.75) is 11.4 Å². The lowest BCUT2D eigenvalue weighted by Crippen LogP contribution is -2.25. The largest absolute Gasteiger partial charge is 0.496 e. The molecule has 0 atom stereocenters. The number of nitrogens with zero attached hydrogens (tertiary/aromatic N) is 3. The van der Waals surface area contributed by atoms with E-state index < -0.39 is 15.9 Å². The van der Waals surface area contributed by atoms with E-state index in [1.807, 2.05) is 0 Å². The number of carbonyl (C=O) groups excluding carboxylic acids is 1. The van der Waals surface area contributed by atoms with E-state index in [1.165, 1.54) is 33.5 Å². The van der Waals surface area contributed by atoms with Crippen molar-refractivity contribution in [1.29, 1.82) is 0 Å². The molecule has 0 saturated carbocycles. The third-order valence-corrected chi connectivity index (χ3v) is 4.57. The highest BCUT2D eigenvalue weighted by Gasteiger charge is 2.19. The first-order valence-corrected chi connectivity index (χ1v) is 8.59. The Bertz CT molecular complexity index is 896. The standard InChI is InChI=1S/C14H17N5O6S/c1-23-10-5-4-8(6-9(10)12(15)20)26(21,22)16-7-11-17-13(24-2)19-14(18-11)25-3/h4-6,16H,7H2,1-3H3,(H2,15,20). The fraction of sp³-hybridized carbons (Fsp3) is 0.286. The second-order valence-corrected chi connectivity index (χ2v) is 6.54. The summed E-state index contributed by atoms with van der Waals surface area (Å²) < 4.78 is 42.0. The predicted molar refractivity (Wildman–Crippen MR) is 88.5 cm³/mol. The molecule has 1 heterocycles. The average Bonchev–Trinajstić information content (AvgIpc) is 2.65. The molecule has 0 aliphatic carbocycles. The Labute approximate surface area is 149 Å². The first kappa shape index (κ1) is 19.3. The van der Waals surface area contributed by atoms with Crippen LogP contribution in [-0.2, 0) is 16.6 Å². The van der Waals surface area contributed by atoms with Gasteiger partial charge in [0.2, 0.25) is 10.0 Å². The molecular formula is C14H17N5O6S. The van der Waals surface area contributed by atoms with Crippen molar-refractivity contribution >= 4 is 15.9 Å². The van der Waals surface area contributed by atoms with Gasteiger partial charge in [-0.05, 0) is 18.2 Å². The van der Waals surface area contributed by atoms with Crippen molar-refractivity contribution in [1.82, 2.24) is 19.7 Å². The van der Waals surface area contributed by atoms with Gasteiger partial charge in [0.15, 0.2) is 5.82 Å². The first-order valence-electron chi connectivity index (χ1n) is 7.11. The van der Waals surface area contributed by atoms with E-state index in [0.717, 1.165) is 6.07 Å². The van der Waals surface area contributed by atoms with Crippen LogP contribution in [0.5, 0.6) is 17.8 Å². The van der Waals surface area contributed by atoms with Crippen molar-refractivity contribution in [3.05, 3.63) is 29.6 Å². The van der Waals surface area contributed by atoms with E-state index in [1.54, 1.807) is 0 Å². The second kappa shape index (κ2) is 7.93. The van der Waals surface area contributed by atoms with Gasteiger partial charge in [-0.2, -0.15) is 9.97 Å². The van der Waals surface area contributed by atoms with E-state index in [9.17, 15) is 13.2 Å². The number of nitrogens with two attached hydrogens (primary N) is 1. The molecule has 0 bridgehead atoms. The lowest BCUT2D eigenvalue weighted by atomic mass is 10.2. The number of nitrogens with one attached hydrogen (secondary N) is 1. The summed E-state index contributed by atoms with van der Waals surface area (Å²) in [7, 11) is 0.0742. The van der Waals surface area contributed by atoms with E-state index in [4.69, 9.17) is 19.9 Å². The normalized spacial score (nSPS) is 11.0. The Hall–Kier alpha value is -2.99. The minimum Gasteiger partial charge on any atom is -0.496 e. The van der Waals surface area contributed by atoms with Crippen LogP contribution in [0.3, 0.4) is 0 Å². The molecule has 140 valence electrons. The van der Waals surface area contributed by atoms with Crippen molar-refractivity contribution in [2.75, 3.05) is 21.3 Å². The van der Waals surface area contributed by atoms with Crippen molar-refractivity contribution < 1.29 is 27.4 Å². The number of primary amides is 1. The quantitative estimate of drug-likeness (QED) is 0.612. The summed E-state index contributed by atoms with van der Waals surface area (Å²) in [5.74, 6) is -0.560. The average molecular weight is 383 g/mol. The highest BCUT2D eigenvalue weighted by molar-refractivity contribution is 7.89. The molecule has 3 N–H and O–H groups in total. The molecule has 0 spiro atoms. The molecule has 0 aliphatic heterocycles. The zero-order valence-corrected chi connectivity index (χ0v) is 15.0. The lowest BCUT2D eigenvalue weighted by Gasteiger charge is -2.10. The smallest absolute Gasteiger partial charge is 0.322 e. The fourth-order valence-electron chi connectivity index (χ4n) is 1.93. The fourth-order valence-corrected chi connectivity index (χ4v) is 2.93. The molecule has 2 aromatic rings. The van der Waals surface area contributed by atoms with Crippen LogP contribution in [0.2, 0.25) is 0 Å². The van der Waals surface area contributed by atoms with E-state index in [0.29, 0.717) is 0 Å². The number of hydrogen-bond acceptors (Lipinski definition) is 9. The topological polar surface area (TPSA) is 156 Å². The summed E-state index contributed by atoms with van der Waals surface area (Å²) in [6.45, 7) is -0.254. The summed E-state index contributed by atoms with van der Waals surface area (Å²) in [4.78, 5) is 22.9. The molecule has 0 aliphatic rings. The minimum atomic E-state index is -3.97. The third kappa shape index (κ3) is 4.34. The molecule has 12 heteroatoms. The number of sulfonamides is 1. The minimum absolute atomic E-state index is 0.0217. The van der Waals surface area contributed by atoms with Crippen molar-refractivity contribution in [3.8, 4) is 17.8 Å². The number of hydrogen-bond donors (Lipinski definition) is 2. The van der Waals surface area contributed by atoms with Crippen LogP contribution in [-0.4, -0.2) is 50.6 Å². The molecule has 1 aromatic heterocycles. The molecule has 2 rings (SSSR count). The molecule has 0 radical (unpaired) electrons. The predicted octanol–water partition coefficient (Wildman–Crippen LogP) is -0.525. The van der Waals surface area contributed by atoms with Crippen LogP contribution in [0.15, 0.2) is 23.1 Å². The van der Waals surface area contributed by atoms with Crippen molar-refractivity contribution in [2.24, 2.45) is 5.73 Å². The van der Waals surface area contributed by atoms with Crippen molar-refractivity contribution in [3.63, 3.8) is 0 Å². The summed E-state index contributed by atoms with van der Waals surface area (Å²) in [6, 6.07) is 3.70. The zero-order valence-electron chi connectivity index (χ0n) is 14.2. The van der Waals surface area contributed by atoms with E-state index in [2.05, 4.69) is 19.7 Å². The Balaban J connectivity index is 2.27. The van der Waals surface area contributed by atoms with Gasteiger partial charge in [-0.25, -0.2) is 13.1 Å². The Morgan fingerprint density at radius 1 is 1.08 bits per heavy atom. The first-order chi connectivity index (χ1) is 12.3. The number of aromatic nitrogens is 3. The van der Waals surface area contributed by atoms with Gasteiger partial charge >= 0.3 is 12.0 Å². The Morgan fingerprint density at radius 3 is 2.19 bits per heavy atom. The van der Waals surface area contributed by atoms with Crippen LogP contribution in [0.25, 0.3) is 0 Å². The summed E-state index contributed by atoms with van der Waals surface area (Å²) in [6.07, 6.45) is 0. The van der Waals surface area contributed by atoms with E-state index >= 15 is 0 Å². The van der Waals surface area contributed by atoms with Crippen LogP contribution >= 0.6 is 0 Å². The molecule has 0 fully saturated rings. The van der Waals surface area contributed by atoms with Crippen LogP contribution in [0, 0.1) is 0 Å². The highest BCUT2D eigenvalue weighted by Crippen LogP contribution is 2.22. The Kier molecular flexibility index (Phi) is 5.90. The summed E-state index contributed by atoms with van der Waals surface area (Å²) in [5, 5.41) is 0. The molecule has 1 amide bonds. The number of rotatable bonds is 8. The number of methoxy groups -OCH3 is 3. The molecule has 0 saturated heterocycles. The maximum atomic E-state index is 12.5. The van der Waals surface area contributed by atoms with Gasteiger partial charge in [0, 0.05) is 0 Å². The maximum Gasteiger partial charge on any atom is 0.322 e. The summed E-state index contributed by atoms with van der Waals surface area (Å²) in [5.41, 5.74) is 5.19. The maximum absolute atomic E-state index is 12.5. The van der Waals surface area contributed by atoms with Gasteiger partial charge < -0.3 is 19.9 Å². The number of carbonyl (C=O) groups is 1. The van der Waals surface area contributed by atoms with Gasteiger partial charge in [0.05, 0.1) is 38.3 Å². The highest BCUT2D eigenvalue weighted by atomic mass is 32.2. The number of benzene rings is 1. The van der Waals surface area contributed by atoms with Gasteiger partial charge in [-0.3, -0.25) is 4.79 Å². The molecule has 0 unspecified atom stereocenters. The Morgan fingerprint density at radius 2 is 1.69 bits per heavy atom. The summed E-state index contributed by atoms with van der Waals surface area (Å²) >= 11 is 0. The van der Waals surface area contributed by atoms with Gasteiger partial charge in [-0.15, -0.1) is 4.98 Å². The lowest BCUT2D eigenvalue weighted by molar-refractivity contribution is 0.0997. The SMILES string of the molecule is COc1nc(CNS(=O)(=O)c2ccc(OC)c(C(N)=O)c2)nc(OC)n1. The molecule has 26 heavy (non-hydrogen) atoms. The van der Waals surface area contributed by atoms with Gasteiger partial charge in [0.1, 0.15) is 5.75 Å². The number of amides is 1. The van der Waals surface area contributed by atoms with E-state index in [-0.39, 0.29) is 40.6 Å². The van der Waals surface area contributed by atoms with Crippen LogP contribution < -0.4 is 24.7 Å². The molecular weight excluding hydrogens is 366 g/mol. The van der Waals surface area contributed by atoms with Gasteiger partial charge in [-0.1, -0.05) is 0 Å². The monoisotopic (exact) mass is 383 g/mol. The van der Waals surface area contributed by atoms with Crippen LogP contribution in [0.1, 0.15) is 16.2 Å².